The van der Waals surface area contributed by atoms with Crippen LogP contribution >= 0.6 is 11.6 Å². The summed E-state index contributed by atoms with van der Waals surface area (Å²) in [5.41, 5.74) is 0.0159. The van der Waals surface area contributed by atoms with Crippen LogP contribution in [0.15, 0.2) is 47.4 Å². The first-order valence-corrected chi connectivity index (χ1v) is 12.1. The lowest BCUT2D eigenvalue weighted by Gasteiger charge is -2.25. The highest BCUT2D eigenvalue weighted by molar-refractivity contribution is 7.89. The minimum absolute atomic E-state index is 0.0159. The molecular formula is C22H25ClFN3O5S. The summed E-state index contributed by atoms with van der Waals surface area (Å²) in [6.07, 6.45) is 1.07. The molecule has 178 valence electrons. The van der Waals surface area contributed by atoms with Crippen LogP contribution in [0.3, 0.4) is 0 Å². The second kappa shape index (κ2) is 10.5. The van der Waals surface area contributed by atoms with Gasteiger partial charge in [0.05, 0.1) is 22.0 Å². The second-order valence-corrected chi connectivity index (χ2v) is 10.2. The number of halogens is 2. The van der Waals surface area contributed by atoms with Crippen LogP contribution in [0.1, 0.15) is 23.2 Å². The Balaban J connectivity index is 1.66. The van der Waals surface area contributed by atoms with E-state index < -0.39 is 27.8 Å². The predicted molar refractivity (Wildman–Crippen MR) is 121 cm³/mol. The minimum Gasteiger partial charge on any atom is -0.489 e. The van der Waals surface area contributed by atoms with Crippen molar-refractivity contribution in [2.24, 2.45) is 0 Å². The number of carbonyl (C=O) groups excluding carboxylic acids is 2. The highest BCUT2D eigenvalue weighted by Crippen LogP contribution is 2.27. The molecule has 1 atom stereocenters. The van der Waals surface area contributed by atoms with E-state index in [2.05, 4.69) is 5.32 Å². The summed E-state index contributed by atoms with van der Waals surface area (Å²) in [5.74, 6) is -1.29. The Morgan fingerprint density at radius 1 is 1.24 bits per heavy atom. The molecule has 1 N–H and O–H groups in total. The van der Waals surface area contributed by atoms with Crippen molar-refractivity contribution in [3.8, 4) is 5.75 Å². The van der Waals surface area contributed by atoms with Crippen LogP contribution in [0.5, 0.6) is 5.75 Å². The summed E-state index contributed by atoms with van der Waals surface area (Å²) in [7, 11) is -0.978. The Morgan fingerprint density at radius 2 is 1.97 bits per heavy atom. The van der Waals surface area contributed by atoms with Gasteiger partial charge in [-0.3, -0.25) is 9.59 Å². The summed E-state index contributed by atoms with van der Waals surface area (Å²) in [6, 6.07) is 9.15. The Labute approximate surface area is 197 Å². The maximum absolute atomic E-state index is 13.6. The molecule has 0 aromatic heterocycles. The van der Waals surface area contributed by atoms with E-state index in [4.69, 9.17) is 16.3 Å². The largest absolute Gasteiger partial charge is 0.489 e. The quantitative estimate of drug-likeness (QED) is 0.565. The standard InChI is InChI=1S/C22H25ClFN3O5S/c1-26(2)33(30,31)15-9-10-17(23)16(14-15)22(29)27-12-5-7-19(27)21(28)25-11-13-32-20-8-4-3-6-18(20)24/h3-4,6,8-10,14,19H,5,7,11-13H2,1-2H3,(H,25,28)/t19-/m1/s1. The number of carbonyl (C=O) groups is 2. The Bertz CT molecular complexity index is 1140. The minimum atomic E-state index is -3.76. The average Bonchev–Trinajstić information content (AvgIpc) is 3.27. The van der Waals surface area contributed by atoms with E-state index >= 15 is 0 Å². The summed E-state index contributed by atoms with van der Waals surface area (Å²) in [4.78, 5) is 27.2. The van der Waals surface area contributed by atoms with E-state index in [1.807, 2.05) is 0 Å². The second-order valence-electron chi connectivity index (χ2n) is 7.66. The molecule has 0 saturated carbocycles. The Kier molecular flexibility index (Phi) is 7.93. The van der Waals surface area contributed by atoms with Gasteiger partial charge in [0.25, 0.3) is 5.91 Å². The van der Waals surface area contributed by atoms with Gasteiger partial charge in [0, 0.05) is 20.6 Å². The van der Waals surface area contributed by atoms with Gasteiger partial charge < -0.3 is 15.0 Å². The van der Waals surface area contributed by atoms with Crippen LogP contribution in [0.4, 0.5) is 4.39 Å². The molecule has 2 aromatic carbocycles. The number of hydrogen-bond donors (Lipinski definition) is 1. The number of nitrogens with zero attached hydrogens (tertiary/aromatic N) is 2. The first kappa shape index (κ1) is 24.9. The third-order valence-electron chi connectivity index (χ3n) is 5.26. The van der Waals surface area contributed by atoms with Gasteiger partial charge in [-0.1, -0.05) is 23.7 Å². The molecule has 3 rings (SSSR count). The first-order chi connectivity index (χ1) is 15.6. The van der Waals surface area contributed by atoms with Crippen molar-refractivity contribution in [2.75, 3.05) is 33.8 Å². The first-order valence-electron chi connectivity index (χ1n) is 10.3. The summed E-state index contributed by atoms with van der Waals surface area (Å²) < 4.78 is 44.8. The zero-order valence-corrected chi connectivity index (χ0v) is 19.8. The molecule has 2 aromatic rings. The number of nitrogens with one attached hydrogen (secondary N) is 1. The molecular weight excluding hydrogens is 473 g/mol. The molecule has 0 bridgehead atoms. The van der Waals surface area contributed by atoms with Gasteiger partial charge in [0.15, 0.2) is 11.6 Å². The molecule has 8 nitrogen and oxygen atoms in total. The fourth-order valence-electron chi connectivity index (χ4n) is 3.49. The fourth-order valence-corrected chi connectivity index (χ4v) is 4.62. The number of hydrogen-bond acceptors (Lipinski definition) is 5. The van der Waals surface area contributed by atoms with Crippen molar-refractivity contribution in [1.82, 2.24) is 14.5 Å². The average molecular weight is 498 g/mol. The van der Waals surface area contributed by atoms with Gasteiger partial charge in [0.1, 0.15) is 12.6 Å². The van der Waals surface area contributed by atoms with Gasteiger partial charge in [-0.25, -0.2) is 17.1 Å². The molecule has 1 saturated heterocycles. The fraction of sp³-hybridized carbons (Fsp3) is 0.364. The number of amides is 2. The third-order valence-corrected chi connectivity index (χ3v) is 7.40. The molecule has 0 aliphatic carbocycles. The maximum Gasteiger partial charge on any atom is 0.256 e. The molecule has 1 heterocycles. The van der Waals surface area contributed by atoms with Gasteiger partial charge in [-0.15, -0.1) is 0 Å². The molecule has 1 fully saturated rings. The number of ether oxygens (including phenoxy) is 1. The molecule has 0 spiro atoms. The summed E-state index contributed by atoms with van der Waals surface area (Å²) in [6.45, 7) is 0.524. The number of likely N-dealkylation sites (tertiary alicyclic amines) is 1. The number of sulfonamides is 1. The monoisotopic (exact) mass is 497 g/mol. The molecule has 2 amide bonds. The highest BCUT2D eigenvalue weighted by atomic mass is 35.5. The van der Waals surface area contributed by atoms with E-state index in [9.17, 15) is 22.4 Å². The lowest BCUT2D eigenvalue weighted by molar-refractivity contribution is -0.124. The maximum atomic E-state index is 13.6. The number of benzene rings is 2. The topological polar surface area (TPSA) is 96.0 Å². The SMILES string of the molecule is CN(C)S(=O)(=O)c1ccc(Cl)c(C(=O)N2CCC[C@@H]2C(=O)NCCOc2ccccc2F)c1. The number of rotatable bonds is 8. The Morgan fingerprint density at radius 3 is 2.67 bits per heavy atom. The van der Waals surface area contributed by atoms with Crippen LogP contribution < -0.4 is 10.1 Å². The van der Waals surface area contributed by atoms with Crippen molar-refractivity contribution < 1.29 is 27.1 Å². The van der Waals surface area contributed by atoms with Crippen LogP contribution in [0.25, 0.3) is 0 Å². The van der Waals surface area contributed by atoms with Crippen LogP contribution in [-0.4, -0.2) is 69.3 Å². The molecule has 11 heteroatoms. The van der Waals surface area contributed by atoms with E-state index in [-0.39, 0.29) is 40.3 Å². The highest BCUT2D eigenvalue weighted by Gasteiger charge is 2.35. The van der Waals surface area contributed by atoms with Gasteiger partial charge in [0.2, 0.25) is 15.9 Å². The van der Waals surface area contributed by atoms with E-state index in [0.29, 0.717) is 19.4 Å². The van der Waals surface area contributed by atoms with Gasteiger partial charge in [-0.05, 0) is 43.2 Å². The summed E-state index contributed by atoms with van der Waals surface area (Å²) >= 11 is 6.20. The molecule has 0 radical (unpaired) electrons. The van der Waals surface area contributed by atoms with Gasteiger partial charge in [-0.2, -0.15) is 0 Å². The van der Waals surface area contributed by atoms with Gasteiger partial charge >= 0.3 is 0 Å². The van der Waals surface area contributed by atoms with Crippen molar-refractivity contribution in [2.45, 2.75) is 23.8 Å². The lowest BCUT2D eigenvalue weighted by atomic mass is 10.1. The zero-order valence-electron chi connectivity index (χ0n) is 18.3. The molecule has 1 aliphatic heterocycles. The van der Waals surface area contributed by atoms with Crippen molar-refractivity contribution in [1.29, 1.82) is 0 Å². The van der Waals surface area contributed by atoms with E-state index in [1.165, 1.54) is 49.3 Å². The van der Waals surface area contributed by atoms with Crippen LogP contribution in [-0.2, 0) is 14.8 Å². The zero-order chi connectivity index (χ0) is 24.2. The third kappa shape index (κ3) is 5.63. The van der Waals surface area contributed by atoms with Crippen molar-refractivity contribution in [3.63, 3.8) is 0 Å². The van der Waals surface area contributed by atoms with E-state index in [1.54, 1.807) is 12.1 Å². The predicted octanol–water partition coefficient (Wildman–Crippen LogP) is 2.53. The smallest absolute Gasteiger partial charge is 0.256 e. The van der Waals surface area contributed by atoms with Crippen molar-refractivity contribution in [3.05, 3.63) is 58.9 Å². The van der Waals surface area contributed by atoms with Crippen LogP contribution in [0.2, 0.25) is 5.02 Å². The number of para-hydroxylation sites is 1. The normalized spacial score (nSPS) is 16.2. The van der Waals surface area contributed by atoms with Crippen molar-refractivity contribution >= 4 is 33.4 Å². The molecule has 1 aliphatic rings. The molecule has 0 unspecified atom stereocenters. The Hall–Kier alpha value is -2.69. The lowest BCUT2D eigenvalue weighted by Crippen LogP contribution is -2.46. The van der Waals surface area contributed by atoms with E-state index in [0.717, 1.165) is 4.31 Å². The summed E-state index contributed by atoms with van der Waals surface area (Å²) in [5, 5.41) is 2.80. The van der Waals surface area contributed by atoms with Crippen LogP contribution in [0, 0.1) is 5.82 Å². The molecule has 33 heavy (non-hydrogen) atoms.